The van der Waals surface area contributed by atoms with Gasteiger partial charge in [0, 0.05) is 6.42 Å². The minimum atomic E-state index is 0.0111. The molecule has 0 radical (unpaired) electrons. The summed E-state index contributed by atoms with van der Waals surface area (Å²) in [7, 11) is 0. The van der Waals surface area contributed by atoms with Gasteiger partial charge in [0.05, 0.1) is 6.61 Å². The number of carbonyl (C=O) groups excluding carboxylic acids is 1. The molecule has 0 spiro atoms. The van der Waals surface area contributed by atoms with E-state index in [1.807, 2.05) is 0 Å². The average molecular weight is 397 g/mol. The predicted molar refractivity (Wildman–Crippen MR) is 124 cm³/mol. The van der Waals surface area contributed by atoms with Crippen LogP contribution in [0, 0.1) is 5.92 Å². The Morgan fingerprint density at radius 2 is 1.00 bits per heavy atom. The zero-order valence-electron chi connectivity index (χ0n) is 19.7. The van der Waals surface area contributed by atoms with Crippen LogP contribution in [0.2, 0.25) is 0 Å². The van der Waals surface area contributed by atoms with Gasteiger partial charge < -0.3 is 4.74 Å². The molecule has 0 fully saturated rings. The van der Waals surface area contributed by atoms with Crippen LogP contribution in [-0.4, -0.2) is 12.6 Å². The Morgan fingerprint density at radius 1 is 0.607 bits per heavy atom. The number of carbonyl (C=O) groups is 1. The SMILES string of the molecule is CCCCCCCCCCCCCCCCCC(=O)OCC(C)CCCCC. The van der Waals surface area contributed by atoms with Crippen molar-refractivity contribution in [3.8, 4) is 0 Å². The van der Waals surface area contributed by atoms with Gasteiger partial charge in [0.2, 0.25) is 0 Å². The first kappa shape index (κ1) is 27.5. The third kappa shape index (κ3) is 21.8. The highest BCUT2D eigenvalue weighted by molar-refractivity contribution is 5.69. The summed E-state index contributed by atoms with van der Waals surface area (Å²) >= 11 is 0. The van der Waals surface area contributed by atoms with Crippen LogP contribution in [0.15, 0.2) is 0 Å². The summed E-state index contributed by atoms with van der Waals surface area (Å²) in [5.41, 5.74) is 0. The molecule has 28 heavy (non-hydrogen) atoms. The van der Waals surface area contributed by atoms with Crippen molar-refractivity contribution in [2.45, 2.75) is 149 Å². The Morgan fingerprint density at radius 3 is 1.46 bits per heavy atom. The van der Waals surface area contributed by atoms with E-state index in [1.165, 1.54) is 116 Å². The second-order valence-corrected chi connectivity index (χ2v) is 8.98. The van der Waals surface area contributed by atoms with Crippen LogP contribution >= 0.6 is 0 Å². The van der Waals surface area contributed by atoms with E-state index < -0.39 is 0 Å². The normalized spacial score (nSPS) is 12.2. The number of esters is 1. The number of ether oxygens (including phenoxy) is 1. The Bertz CT molecular complexity index is 314. The lowest BCUT2D eigenvalue weighted by Crippen LogP contribution is -2.11. The molecular formula is C26H52O2. The molecule has 0 aromatic heterocycles. The van der Waals surface area contributed by atoms with Crippen molar-refractivity contribution in [1.82, 2.24) is 0 Å². The van der Waals surface area contributed by atoms with E-state index in [0.717, 1.165) is 6.42 Å². The maximum atomic E-state index is 11.8. The largest absolute Gasteiger partial charge is 0.465 e. The Kier molecular flexibility index (Phi) is 22.3. The fraction of sp³-hybridized carbons (Fsp3) is 0.962. The van der Waals surface area contributed by atoms with Crippen LogP contribution in [0.25, 0.3) is 0 Å². The van der Waals surface area contributed by atoms with Gasteiger partial charge in [-0.05, 0) is 18.8 Å². The highest BCUT2D eigenvalue weighted by atomic mass is 16.5. The van der Waals surface area contributed by atoms with Crippen molar-refractivity contribution in [3.63, 3.8) is 0 Å². The van der Waals surface area contributed by atoms with E-state index in [1.54, 1.807) is 0 Å². The zero-order chi connectivity index (χ0) is 20.7. The molecule has 0 heterocycles. The van der Waals surface area contributed by atoms with Crippen LogP contribution in [0.5, 0.6) is 0 Å². The molecule has 0 aliphatic rings. The van der Waals surface area contributed by atoms with Crippen LogP contribution in [-0.2, 0) is 9.53 Å². The first-order valence-corrected chi connectivity index (χ1v) is 12.9. The van der Waals surface area contributed by atoms with Gasteiger partial charge in [-0.2, -0.15) is 0 Å². The van der Waals surface area contributed by atoms with Gasteiger partial charge in [0.1, 0.15) is 0 Å². The van der Waals surface area contributed by atoms with E-state index in [2.05, 4.69) is 20.8 Å². The number of rotatable bonds is 22. The molecule has 0 saturated heterocycles. The molecule has 0 rings (SSSR count). The summed E-state index contributed by atoms with van der Waals surface area (Å²) in [6.45, 7) is 7.31. The van der Waals surface area contributed by atoms with Crippen molar-refractivity contribution in [3.05, 3.63) is 0 Å². The van der Waals surface area contributed by atoms with E-state index in [-0.39, 0.29) is 5.97 Å². The summed E-state index contributed by atoms with van der Waals surface area (Å²) in [6.07, 6.45) is 26.0. The average Bonchev–Trinajstić information content (AvgIpc) is 2.69. The standard InChI is InChI=1S/C26H52O2/c1-4-6-8-9-10-11-12-13-14-15-16-17-18-19-21-23-26(27)28-24-25(3)22-20-7-5-2/h25H,4-24H2,1-3H3. The Balaban J connectivity index is 3.21. The third-order valence-corrected chi connectivity index (χ3v) is 5.81. The van der Waals surface area contributed by atoms with Gasteiger partial charge in [0.25, 0.3) is 0 Å². The molecule has 0 aliphatic carbocycles. The van der Waals surface area contributed by atoms with Gasteiger partial charge in [-0.15, -0.1) is 0 Å². The highest BCUT2D eigenvalue weighted by Gasteiger charge is 2.07. The lowest BCUT2D eigenvalue weighted by Gasteiger charge is -2.11. The number of hydrogen-bond donors (Lipinski definition) is 0. The van der Waals surface area contributed by atoms with Gasteiger partial charge >= 0.3 is 5.97 Å². The second kappa shape index (κ2) is 22.8. The zero-order valence-corrected chi connectivity index (χ0v) is 19.7. The Labute approximate surface area is 177 Å². The molecule has 1 unspecified atom stereocenters. The third-order valence-electron chi connectivity index (χ3n) is 5.81. The fourth-order valence-electron chi connectivity index (χ4n) is 3.77. The molecule has 168 valence electrons. The van der Waals surface area contributed by atoms with Crippen molar-refractivity contribution >= 4 is 5.97 Å². The van der Waals surface area contributed by atoms with Gasteiger partial charge in [-0.3, -0.25) is 4.79 Å². The molecule has 0 aliphatic heterocycles. The van der Waals surface area contributed by atoms with E-state index in [0.29, 0.717) is 18.9 Å². The molecule has 0 amide bonds. The van der Waals surface area contributed by atoms with Crippen LogP contribution in [0.1, 0.15) is 149 Å². The number of unbranched alkanes of at least 4 members (excludes halogenated alkanes) is 16. The van der Waals surface area contributed by atoms with E-state index in [9.17, 15) is 4.79 Å². The minimum Gasteiger partial charge on any atom is -0.465 e. The summed E-state index contributed by atoms with van der Waals surface area (Å²) in [5.74, 6) is 0.522. The Hall–Kier alpha value is -0.530. The maximum Gasteiger partial charge on any atom is 0.305 e. The van der Waals surface area contributed by atoms with Gasteiger partial charge in [0.15, 0.2) is 0 Å². The van der Waals surface area contributed by atoms with Crippen LogP contribution in [0.4, 0.5) is 0 Å². The van der Waals surface area contributed by atoms with Crippen LogP contribution in [0.3, 0.4) is 0 Å². The first-order chi connectivity index (χ1) is 13.7. The first-order valence-electron chi connectivity index (χ1n) is 12.9. The summed E-state index contributed by atoms with van der Waals surface area (Å²) in [6, 6.07) is 0. The van der Waals surface area contributed by atoms with Crippen molar-refractivity contribution in [2.75, 3.05) is 6.61 Å². The molecule has 1 atom stereocenters. The molecule has 0 saturated carbocycles. The quantitative estimate of drug-likeness (QED) is 0.135. The van der Waals surface area contributed by atoms with Crippen LogP contribution < -0.4 is 0 Å². The fourth-order valence-corrected chi connectivity index (χ4v) is 3.77. The predicted octanol–water partition coefficient (Wildman–Crippen LogP) is 9.01. The molecule has 2 heteroatoms. The van der Waals surface area contributed by atoms with Crippen molar-refractivity contribution in [2.24, 2.45) is 5.92 Å². The van der Waals surface area contributed by atoms with E-state index in [4.69, 9.17) is 4.74 Å². The van der Waals surface area contributed by atoms with Crippen molar-refractivity contribution in [1.29, 1.82) is 0 Å². The molecular weight excluding hydrogens is 344 g/mol. The number of hydrogen-bond acceptors (Lipinski definition) is 2. The molecule has 0 aromatic carbocycles. The van der Waals surface area contributed by atoms with Crippen molar-refractivity contribution < 1.29 is 9.53 Å². The van der Waals surface area contributed by atoms with Gasteiger partial charge in [-0.25, -0.2) is 0 Å². The molecule has 0 bridgehead atoms. The molecule has 0 N–H and O–H groups in total. The summed E-state index contributed by atoms with van der Waals surface area (Å²) in [5, 5.41) is 0. The highest BCUT2D eigenvalue weighted by Crippen LogP contribution is 2.14. The topological polar surface area (TPSA) is 26.3 Å². The lowest BCUT2D eigenvalue weighted by atomic mass is 10.0. The monoisotopic (exact) mass is 396 g/mol. The molecule has 0 aromatic rings. The molecule has 2 nitrogen and oxygen atoms in total. The summed E-state index contributed by atoms with van der Waals surface area (Å²) < 4.78 is 5.41. The van der Waals surface area contributed by atoms with E-state index >= 15 is 0 Å². The smallest absolute Gasteiger partial charge is 0.305 e. The second-order valence-electron chi connectivity index (χ2n) is 8.98. The van der Waals surface area contributed by atoms with Gasteiger partial charge in [-0.1, -0.05) is 130 Å². The summed E-state index contributed by atoms with van der Waals surface area (Å²) in [4.78, 5) is 11.8. The lowest BCUT2D eigenvalue weighted by molar-refractivity contribution is -0.145. The maximum absolute atomic E-state index is 11.8. The minimum absolute atomic E-state index is 0.0111.